The number of hydrogen-bond acceptors (Lipinski definition) is 8. The summed E-state index contributed by atoms with van der Waals surface area (Å²) in [7, 11) is 1.34. The predicted molar refractivity (Wildman–Crippen MR) is 168 cm³/mol. The summed E-state index contributed by atoms with van der Waals surface area (Å²) in [5, 5.41) is 5.31. The average Bonchev–Trinajstić information content (AvgIpc) is 3.44. The van der Waals surface area contributed by atoms with E-state index >= 15 is 4.39 Å². The van der Waals surface area contributed by atoms with E-state index in [0.717, 1.165) is 11.8 Å². The summed E-state index contributed by atoms with van der Waals surface area (Å²) in [6.45, 7) is -0.593. The van der Waals surface area contributed by atoms with Gasteiger partial charge in [0.25, 0.3) is 5.91 Å². The first-order valence-electron chi connectivity index (χ1n) is 14.3. The summed E-state index contributed by atoms with van der Waals surface area (Å²) in [4.78, 5) is 29.8. The van der Waals surface area contributed by atoms with Crippen LogP contribution < -0.4 is 26.3 Å². The molecule has 1 fully saturated rings. The zero-order valence-corrected chi connectivity index (χ0v) is 25.7. The first-order chi connectivity index (χ1) is 22.0. The van der Waals surface area contributed by atoms with Crippen LogP contribution in [0.15, 0.2) is 46.8 Å². The minimum absolute atomic E-state index is 0.0257. The molecule has 0 bridgehead atoms. The number of halogens is 4. The van der Waals surface area contributed by atoms with E-state index < -0.39 is 24.0 Å². The number of primary amides is 1. The van der Waals surface area contributed by atoms with E-state index in [4.69, 9.17) is 25.0 Å². The van der Waals surface area contributed by atoms with Crippen LogP contribution in [0, 0.1) is 5.82 Å². The van der Waals surface area contributed by atoms with Crippen LogP contribution >= 0.6 is 11.3 Å². The molecule has 46 heavy (non-hydrogen) atoms. The maximum Gasteiger partial charge on any atom is 0.331 e. The maximum atomic E-state index is 15.9. The molecule has 5 N–H and O–H groups in total. The van der Waals surface area contributed by atoms with Gasteiger partial charge in [-0.2, -0.15) is 8.78 Å². The molecule has 6 rings (SSSR count). The highest BCUT2D eigenvalue weighted by atomic mass is 32.1. The molecule has 1 aliphatic carbocycles. The number of nitrogens with zero attached hydrogens (tertiary/aromatic N) is 2. The van der Waals surface area contributed by atoms with E-state index in [2.05, 4.69) is 16.0 Å². The molecule has 1 saturated carbocycles. The van der Waals surface area contributed by atoms with Crippen molar-refractivity contribution in [1.82, 2.24) is 10.3 Å². The van der Waals surface area contributed by atoms with Gasteiger partial charge in [0.2, 0.25) is 6.41 Å². The number of nitrogens with one attached hydrogen (secondary N) is 1. The molecular formula is C32H31F4N5O4S. The first-order valence-corrected chi connectivity index (χ1v) is 15.1. The van der Waals surface area contributed by atoms with Crippen molar-refractivity contribution in [2.24, 2.45) is 10.7 Å². The molecular weight excluding hydrogens is 626 g/mol. The summed E-state index contributed by atoms with van der Waals surface area (Å²) in [6.07, 6.45) is 1.75. The summed E-state index contributed by atoms with van der Waals surface area (Å²) < 4.78 is 67.6. The molecule has 0 spiro atoms. The number of carbonyl (C=O) groups excluding carboxylic acids is 2. The molecule has 2 unspecified atom stereocenters. The number of nitrogens with two attached hydrogens (primary N) is 2. The van der Waals surface area contributed by atoms with Crippen LogP contribution in [0.1, 0.15) is 58.8 Å². The molecule has 2 aliphatic rings. The minimum atomic E-state index is -2.95. The predicted octanol–water partition coefficient (Wildman–Crippen LogP) is 5.95. The second-order valence-corrected chi connectivity index (χ2v) is 11.8. The quantitative estimate of drug-likeness (QED) is 0.0668. The van der Waals surface area contributed by atoms with Crippen LogP contribution in [-0.4, -0.2) is 56.0 Å². The molecule has 4 aromatic rings. The summed E-state index contributed by atoms with van der Waals surface area (Å²) in [6, 6.07) is 9.40. The SMILES string of the molecule is COc1cc(C(=O)NCC(c2cc3c(c(-c4csc5c(F)cccc45)n2)OCC3C)C2(F)CC2)cc(/C=N/C(F)F)c1N.NC=O. The Hall–Kier alpha value is -4.72. The maximum absolute atomic E-state index is 15.9. The minimum Gasteiger partial charge on any atom is -0.495 e. The van der Waals surface area contributed by atoms with E-state index in [0.29, 0.717) is 52.2 Å². The molecule has 2 aromatic heterocycles. The number of rotatable bonds is 9. The molecule has 242 valence electrons. The van der Waals surface area contributed by atoms with Gasteiger partial charge in [-0.25, -0.2) is 18.8 Å². The number of hydrogen-bond donors (Lipinski definition) is 3. The highest BCUT2D eigenvalue weighted by Gasteiger charge is 2.52. The Morgan fingerprint density at radius 2 is 2.04 bits per heavy atom. The fourth-order valence-corrected chi connectivity index (χ4v) is 6.42. The van der Waals surface area contributed by atoms with Gasteiger partial charge in [-0.15, -0.1) is 11.3 Å². The van der Waals surface area contributed by atoms with Crippen molar-refractivity contribution in [2.75, 3.05) is 26.0 Å². The number of fused-ring (bicyclic) bond motifs is 2. The summed E-state index contributed by atoms with van der Waals surface area (Å²) >= 11 is 1.26. The van der Waals surface area contributed by atoms with Crippen molar-refractivity contribution in [3.8, 4) is 22.8 Å². The number of benzene rings is 2. The lowest BCUT2D eigenvalue weighted by molar-refractivity contribution is -0.106. The van der Waals surface area contributed by atoms with Crippen molar-refractivity contribution in [1.29, 1.82) is 0 Å². The molecule has 0 radical (unpaired) electrons. The van der Waals surface area contributed by atoms with Crippen LogP contribution in [0.5, 0.6) is 11.5 Å². The Morgan fingerprint density at radius 1 is 1.30 bits per heavy atom. The standard InChI is InChI=1S/C31H28F4N4O3S.CH3NO/c1-15-13-42-27-19(15)10-23(39-26(27)20-14-43-28-18(20)4-3-5-22(28)32)21(31(35)6-7-31)12-37-29(40)16-8-17(11-38-30(33)34)25(36)24(9-16)41-2;2-1-3/h3-5,8-11,14-15,21,30H,6-7,12-13,36H2,1-2H3,(H,37,40);1H,(H2,2,3)/b38-11+;. The summed E-state index contributed by atoms with van der Waals surface area (Å²) in [5.74, 6) is -0.957. The lowest BCUT2D eigenvalue weighted by atomic mass is 9.92. The normalized spacial score (nSPS) is 16.8. The summed E-state index contributed by atoms with van der Waals surface area (Å²) in [5.41, 5.74) is 11.3. The van der Waals surface area contributed by atoms with Crippen molar-refractivity contribution in [2.45, 2.75) is 43.8 Å². The molecule has 0 saturated heterocycles. The third-order valence-electron chi connectivity index (χ3n) is 8.00. The first kappa shape index (κ1) is 32.7. The zero-order valence-electron chi connectivity index (χ0n) is 24.9. The topological polar surface area (TPSA) is 142 Å². The Labute approximate surface area is 265 Å². The van der Waals surface area contributed by atoms with Gasteiger partial charge < -0.3 is 26.3 Å². The second-order valence-electron chi connectivity index (χ2n) is 11.0. The van der Waals surface area contributed by atoms with Gasteiger partial charge in [-0.1, -0.05) is 19.1 Å². The number of aromatic nitrogens is 1. The number of ether oxygens (including phenoxy) is 2. The van der Waals surface area contributed by atoms with Crippen molar-refractivity contribution < 1.29 is 36.6 Å². The largest absolute Gasteiger partial charge is 0.495 e. The molecule has 14 heteroatoms. The lowest BCUT2D eigenvalue weighted by Gasteiger charge is -2.23. The number of thiophene rings is 1. The Morgan fingerprint density at radius 3 is 2.72 bits per heavy atom. The Bertz CT molecular complexity index is 1810. The van der Waals surface area contributed by atoms with Gasteiger partial charge in [0.15, 0.2) is 0 Å². The van der Waals surface area contributed by atoms with Crippen LogP contribution in [0.3, 0.4) is 0 Å². The third-order valence-corrected chi connectivity index (χ3v) is 9.00. The molecule has 2 amide bonds. The van der Waals surface area contributed by atoms with Crippen LogP contribution in [0.4, 0.5) is 23.2 Å². The van der Waals surface area contributed by atoms with Gasteiger partial charge >= 0.3 is 6.55 Å². The van der Waals surface area contributed by atoms with Gasteiger partial charge in [-0.05, 0) is 37.1 Å². The number of alkyl halides is 3. The number of methoxy groups -OCH3 is 1. The number of pyridine rings is 1. The molecule has 2 atom stereocenters. The monoisotopic (exact) mass is 657 g/mol. The van der Waals surface area contributed by atoms with Crippen molar-refractivity contribution in [3.05, 3.63) is 70.0 Å². The molecule has 1 aliphatic heterocycles. The van der Waals surface area contributed by atoms with Gasteiger partial charge in [-0.3, -0.25) is 9.59 Å². The number of anilines is 1. The van der Waals surface area contributed by atoms with E-state index in [1.54, 1.807) is 6.07 Å². The van der Waals surface area contributed by atoms with Gasteiger partial charge in [0.1, 0.15) is 28.7 Å². The van der Waals surface area contributed by atoms with E-state index in [1.165, 1.54) is 36.6 Å². The smallest absolute Gasteiger partial charge is 0.331 e. The lowest BCUT2D eigenvalue weighted by Crippen LogP contribution is -2.33. The van der Waals surface area contributed by atoms with Crippen LogP contribution in [-0.2, 0) is 4.79 Å². The third kappa shape index (κ3) is 6.48. The molecule has 3 heterocycles. The number of aliphatic imine (C=N–C) groups is 1. The van der Waals surface area contributed by atoms with E-state index in [1.807, 2.05) is 24.4 Å². The zero-order chi connectivity index (χ0) is 33.2. The second kappa shape index (κ2) is 13.3. The number of nitrogen functional groups attached to an aromatic ring is 1. The van der Waals surface area contributed by atoms with Crippen LogP contribution in [0.25, 0.3) is 21.3 Å². The molecule has 2 aromatic carbocycles. The Kier molecular flexibility index (Phi) is 9.47. The average molecular weight is 658 g/mol. The Balaban J connectivity index is 0.00000134. The highest BCUT2D eigenvalue weighted by molar-refractivity contribution is 7.17. The van der Waals surface area contributed by atoms with Crippen molar-refractivity contribution >= 4 is 45.6 Å². The number of carbonyl (C=O) groups is 2. The van der Waals surface area contributed by atoms with E-state index in [9.17, 15) is 18.0 Å². The van der Waals surface area contributed by atoms with E-state index in [-0.39, 0.29) is 47.3 Å². The van der Waals surface area contributed by atoms with Crippen molar-refractivity contribution in [3.63, 3.8) is 0 Å². The highest BCUT2D eigenvalue weighted by Crippen LogP contribution is 2.52. The fourth-order valence-electron chi connectivity index (χ4n) is 5.46. The fraction of sp³-hybridized carbons (Fsp3) is 0.312. The van der Waals surface area contributed by atoms with Crippen LogP contribution in [0.2, 0.25) is 0 Å². The molecule has 9 nitrogen and oxygen atoms in total. The van der Waals surface area contributed by atoms with Gasteiger partial charge in [0.05, 0.1) is 30.0 Å². The number of amides is 2. The van der Waals surface area contributed by atoms with Gasteiger partial charge in [0, 0.05) is 57.4 Å².